The second kappa shape index (κ2) is 3.33. The van der Waals surface area contributed by atoms with E-state index in [2.05, 4.69) is 6.92 Å². The van der Waals surface area contributed by atoms with Crippen LogP contribution in [0.3, 0.4) is 0 Å². The van der Waals surface area contributed by atoms with Crippen LogP contribution >= 0.6 is 0 Å². The van der Waals surface area contributed by atoms with Gasteiger partial charge in [0.1, 0.15) is 0 Å². The molecular formula is C13H17NO2S. The van der Waals surface area contributed by atoms with Crippen molar-refractivity contribution < 1.29 is 8.42 Å². The van der Waals surface area contributed by atoms with E-state index in [-0.39, 0.29) is 5.54 Å². The first-order valence-corrected chi connectivity index (χ1v) is 7.45. The topological polar surface area (TPSA) is 37.4 Å². The van der Waals surface area contributed by atoms with Crippen molar-refractivity contribution >= 4 is 10.0 Å². The zero-order chi connectivity index (χ0) is 12.3. The first kappa shape index (κ1) is 11.2. The van der Waals surface area contributed by atoms with Gasteiger partial charge in [0.25, 0.3) is 0 Å². The van der Waals surface area contributed by atoms with Crippen molar-refractivity contribution in [2.75, 3.05) is 6.54 Å². The summed E-state index contributed by atoms with van der Waals surface area (Å²) >= 11 is 0. The molecule has 2 saturated heterocycles. The largest absolute Gasteiger partial charge is 0.243 e. The molecule has 2 aliphatic heterocycles. The normalized spacial score (nSPS) is 32.5. The van der Waals surface area contributed by atoms with Crippen LogP contribution in [0.25, 0.3) is 0 Å². The van der Waals surface area contributed by atoms with Crippen LogP contribution in [0.4, 0.5) is 0 Å². The van der Waals surface area contributed by atoms with Crippen molar-refractivity contribution in [2.45, 2.75) is 37.1 Å². The van der Waals surface area contributed by atoms with Crippen LogP contribution in [0, 0.1) is 12.8 Å². The molecule has 2 bridgehead atoms. The predicted octanol–water partition coefficient (Wildman–Crippen LogP) is 2.17. The van der Waals surface area contributed by atoms with Crippen LogP contribution in [-0.2, 0) is 10.0 Å². The molecule has 0 spiro atoms. The maximum atomic E-state index is 12.5. The van der Waals surface area contributed by atoms with E-state index >= 15 is 0 Å². The molecule has 1 aliphatic carbocycles. The van der Waals surface area contributed by atoms with Gasteiger partial charge in [-0.15, -0.1) is 0 Å². The third kappa shape index (κ3) is 1.54. The molecule has 0 atom stereocenters. The molecule has 4 heteroatoms. The molecule has 17 heavy (non-hydrogen) atoms. The van der Waals surface area contributed by atoms with Crippen molar-refractivity contribution in [1.82, 2.24) is 4.31 Å². The Morgan fingerprint density at radius 3 is 2.29 bits per heavy atom. The number of fused-ring (bicyclic) bond motifs is 1. The molecule has 3 aliphatic rings. The molecule has 2 heterocycles. The van der Waals surface area contributed by atoms with E-state index in [1.54, 1.807) is 16.4 Å². The summed E-state index contributed by atoms with van der Waals surface area (Å²) in [5, 5.41) is 0. The lowest BCUT2D eigenvalue weighted by Gasteiger charge is -2.38. The Hall–Kier alpha value is -0.870. The van der Waals surface area contributed by atoms with Crippen molar-refractivity contribution in [3.63, 3.8) is 0 Å². The summed E-state index contributed by atoms with van der Waals surface area (Å²) in [5.41, 5.74) is 0.967. The molecule has 92 valence electrons. The molecule has 4 rings (SSSR count). The van der Waals surface area contributed by atoms with Gasteiger partial charge in [-0.05, 0) is 44.7 Å². The average Bonchev–Trinajstić information content (AvgIpc) is 2.72. The number of aryl methyl sites for hydroxylation is 1. The Kier molecular flexibility index (Phi) is 2.20. The highest BCUT2D eigenvalue weighted by molar-refractivity contribution is 7.89. The molecule has 0 amide bonds. The van der Waals surface area contributed by atoms with Gasteiger partial charge in [0, 0.05) is 12.1 Å². The summed E-state index contributed by atoms with van der Waals surface area (Å²) in [6.07, 6.45) is 2.05. The summed E-state index contributed by atoms with van der Waals surface area (Å²) in [4.78, 5) is 0.428. The molecular weight excluding hydrogens is 234 g/mol. The predicted molar refractivity (Wildman–Crippen MR) is 66.2 cm³/mol. The van der Waals surface area contributed by atoms with Crippen molar-refractivity contribution in [2.24, 2.45) is 5.92 Å². The van der Waals surface area contributed by atoms with Crippen LogP contribution < -0.4 is 0 Å². The average molecular weight is 251 g/mol. The lowest BCUT2D eigenvalue weighted by molar-refractivity contribution is 0.194. The van der Waals surface area contributed by atoms with Crippen molar-refractivity contribution in [3.05, 3.63) is 29.8 Å². The highest BCUT2D eigenvalue weighted by Gasteiger charge is 2.57. The lowest BCUT2D eigenvalue weighted by Crippen LogP contribution is -2.45. The van der Waals surface area contributed by atoms with Crippen LogP contribution in [-0.4, -0.2) is 24.8 Å². The molecule has 0 aromatic heterocycles. The molecule has 0 unspecified atom stereocenters. The van der Waals surface area contributed by atoms with Gasteiger partial charge in [0.2, 0.25) is 10.0 Å². The maximum absolute atomic E-state index is 12.5. The highest BCUT2D eigenvalue weighted by Crippen LogP contribution is 2.52. The quantitative estimate of drug-likeness (QED) is 0.808. The highest BCUT2D eigenvalue weighted by atomic mass is 32.2. The van der Waals surface area contributed by atoms with Gasteiger partial charge in [0.15, 0.2) is 0 Å². The molecule has 3 fully saturated rings. The smallest absolute Gasteiger partial charge is 0.207 e. The number of sulfonamides is 1. The Labute approximate surface area is 102 Å². The van der Waals surface area contributed by atoms with Crippen LogP contribution in [0.15, 0.2) is 29.2 Å². The van der Waals surface area contributed by atoms with Crippen LogP contribution in [0.2, 0.25) is 0 Å². The number of hydrogen-bond acceptors (Lipinski definition) is 2. The summed E-state index contributed by atoms with van der Waals surface area (Å²) < 4.78 is 26.7. The number of hydrogen-bond donors (Lipinski definition) is 0. The first-order chi connectivity index (χ1) is 7.92. The van der Waals surface area contributed by atoms with Gasteiger partial charge < -0.3 is 0 Å². The van der Waals surface area contributed by atoms with E-state index in [0.29, 0.717) is 17.4 Å². The third-order valence-corrected chi connectivity index (χ3v) is 6.13. The van der Waals surface area contributed by atoms with E-state index in [1.807, 2.05) is 19.1 Å². The summed E-state index contributed by atoms with van der Waals surface area (Å²) in [7, 11) is -3.29. The Morgan fingerprint density at radius 1 is 1.24 bits per heavy atom. The monoisotopic (exact) mass is 251 g/mol. The number of rotatable bonds is 2. The van der Waals surface area contributed by atoms with E-state index in [1.165, 1.54) is 0 Å². The van der Waals surface area contributed by atoms with Crippen LogP contribution in [0.1, 0.15) is 25.3 Å². The fraction of sp³-hybridized carbons (Fsp3) is 0.538. The number of benzene rings is 1. The SMILES string of the molecule is Cc1ccc(S(=O)(=O)N2CC3CC2(C)C3)cc1. The zero-order valence-corrected chi connectivity index (χ0v) is 11.0. The van der Waals surface area contributed by atoms with Gasteiger partial charge in [-0.1, -0.05) is 17.7 Å². The zero-order valence-electron chi connectivity index (χ0n) is 10.2. The first-order valence-electron chi connectivity index (χ1n) is 6.01. The minimum absolute atomic E-state index is 0.117. The molecule has 1 aromatic rings. The van der Waals surface area contributed by atoms with Gasteiger partial charge in [-0.2, -0.15) is 4.31 Å². The standard InChI is InChI=1S/C13H17NO2S/c1-10-3-5-12(6-4-10)17(15,16)14-9-11-7-13(14,2)8-11/h3-6,11H,7-9H2,1-2H3. The number of nitrogens with zero attached hydrogens (tertiary/aromatic N) is 1. The Morgan fingerprint density at radius 2 is 1.82 bits per heavy atom. The van der Waals surface area contributed by atoms with Gasteiger partial charge in [-0.25, -0.2) is 8.42 Å². The Balaban J connectivity index is 1.99. The second-order valence-corrected chi connectivity index (χ2v) is 7.48. The fourth-order valence-electron chi connectivity index (χ4n) is 3.20. The van der Waals surface area contributed by atoms with Gasteiger partial charge in [-0.3, -0.25) is 0 Å². The molecule has 0 N–H and O–H groups in total. The fourth-order valence-corrected chi connectivity index (χ4v) is 5.07. The van der Waals surface area contributed by atoms with Crippen LogP contribution in [0.5, 0.6) is 0 Å². The molecule has 1 saturated carbocycles. The van der Waals surface area contributed by atoms with Crippen molar-refractivity contribution in [1.29, 1.82) is 0 Å². The minimum Gasteiger partial charge on any atom is -0.207 e. The molecule has 0 radical (unpaired) electrons. The van der Waals surface area contributed by atoms with Gasteiger partial charge in [0.05, 0.1) is 4.90 Å². The van der Waals surface area contributed by atoms with E-state index in [0.717, 1.165) is 18.4 Å². The molecule has 1 aromatic carbocycles. The summed E-state index contributed by atoms with van der Waals surface area (Å²) in [6.45, 7) is 4.72. The summed E-state index contributed by atoms with van der Waals surface area (Å²) in [6, 6.07) is 7.14. The van der Waals surface area contributed by atoms with Crippen molar-refractivity contribution in [3.8, 4) is 0 Å². The second-order valence-electron chi connectivity index (χ2n) is 5.62. The summed E-state index contributed by atoms with van der Waals surface area (Å²) in [5.74, 6) is 0.584. The Bertz CT molecular complexity index is 541. The maximum Gasteiger partial charge on any atom is 0.243 e. The lowest BCUT2D eigenvalue weighted by atomic mass is 9.75. The molecule has 3 nitrogen and oxygen atoms in total. The minimum atomic E-state index is -3.29. The van der Waals surface area contributed by atoms with Gasteiger partial charge >= 0.3 is 0 Å². The van der Waals surface area contributed by atoms with E-state index < -0.39 is 10.0 Å². The third-order valence-electron chi connectivity index (χ3n) is 4.09. The van der Waals surface area contributed by atoms with E-state index in [4.69, 9.17) is 0 Å². The van der Waals surface area contributed by atoms with E-state index in [9.17, 15) is 8.42 Å².